The quantitative estimate of drug-likeness (QED) is 0.851. The summed E-state index contributed by atoms with van der Waals surface area (Å²) in [6.45, 7) is 1.97. The highest BCUT2D eigenvalue weighted by Crippen LogP contribution is 2.20. The third-order valence-corrected chi connectivity index (χ3v) is 2.21. The molecule has 1 aromatic rings. The fourth-order valence-electron chi connectivity index (χ4n) is 1.31. The predicted octanol–water partition coefficient (Wildman–Crippen LogP) is 1.90. The van der Waals surface area contributed by atoms with Crippen molar-refractivity contribution in [2.75, 3.05) is 18.9 Å². The van der Waals surface area contributed by atoms with Crippen molar-refractivity contribution < 1.29 is 18.0 Å². The van der Waals surface area contributed by atoms with E-state index in [2.05, 4.69) is 10.6 Å². The van der Waals surface area contributed by atoms with Crippen LogP contribution in [-0.4, -0.2) is 19.5 Å². The molecular formula is C11H13F3N2O. The molecule has 0 saturated carbocycles. The van der Waals surface area contributed by atoms with Gasteiger partial charge in [0.25, 0.3) is 0 Å². The van der Waals surface area contributed by atoms with Crippen molar-refractivity contribution in [1.82, 2.24) is 5.32 Å². The minimum atomic E-state index is -1.13. The Bertz CT molecular complexity index is 400. The van der Waals surface area contributed by atoms with Gasteiger partial charge >= 0.3 is 0 Å². The molecule has 0 fully saturated rings. The first-order valence-corrected chi connectivity index (χ1v) is 5.05. The molecule has 1 atom stereocenters. The van der Waals surface area contributed by atoms with E-state index in [1.54, 1.807) is 14.0 Å². The molecule has 1 aromatic carbocycles. The Morgan fingerprint density at radius 2 is 1.82 bits per heavy atom. The summed E-state index contributed by atoms with van der Waals surface area (Å²) in [5.41, 5.74) is -0.626. The van der Waals surface area contributed by atoms with Gasteiger partial charge in [0, 0.05) is 24.6 Å². The van der Waals surface area contributed by atoms with Crippen LogP contribution in [0.25, 0.3) is 0 Å². The van der Waals surface area contributed by atoms with Crippen LogP contribution in [0.1, 0.15) is 6.92 Å². The van der Waals surface area contributed by atoms with Gasteiger partial charge in [-0.1, -0.05) is 6.92 Å². The number of nitrogens with one attached hydrogen (secondary N) is 2. The maximum atomic E-state index is 13.2. The molecule has 0 heterocycles. The topological polar surface area (TPSA) is 41.1 Å². The van der Waals surface area contributed by atoms with Gasteiger partial charge in [0.05, 0.1) is 0 Å². The highest BCUT2D eigenvalue weighted by molar-refractivity contribution is 5.92. The van der Waals surface area contributed by atoms with E-state index in [0.717, 1.165) is 0 Å². The van der Waals surface area contributed by atoms with Crippen molar-refractivity contribution in [1.29, 1.82) is 0 Å². The molecule has 0 radical (unpaired) electrons. The molecule has 0 aliphatic heterocycles. The standard InChI is InChI=1S/C11H13F3N2O/c1-6(5-15-2)11(17)16-10-8(13)3-7(12)4-9(10)14/h3-4,6,15H,5H2,1-2H3,(H,16,17). The van der Waals surface area contributed by atoms with Crippen molar-refractivity contribution >= 4 is 11.6 Å². The molecule has 0 bridgehead atoms. The van der Waals surface area contributed by atoms with Crippen LogP contribution in [0, 0.1) is 23.4 Å². The van der Waals surface area contributed by atoms with Gasteiger partial charge in [-0.25, -0.2) is 13.2 Å². The molecule has 1 amide bonds. The summed E-state index contributed by atoms with van der Waals surface area (Å²) >= 11 is 0. The molecule has 0 aliphatic carbocycles. The van der Waals surface area contributed by atoms with E-state index >= 15 is 0 Å². The summed E-state index contributed by atoms with van der Waals surface area (Å²) in [4.78, 5) is 11.5. The number of halogens is 3. The molecule has 2 N–H and O–H groups in total. The molecule has 1 unspecified atom stereocenters. The largest absolute Gasteiger partial charge is 0.321 e. The molecule has 17 heavy (non-hydrogen) atoms. The number of benzene rings is 1. The van der Waals surface area contributed by atoms with Crippen LogP contribution in [0.3, 0.4) is 0 Å². The van der Waals surface area contributed by atoms with Gasteiger partial charge in [0.15, 0.2) is 11.6 Å². The molecule has 0 spiro atoms. The summed E-state index contributed by atoms with van der Waals surface area (Å²) in [5, 5.41) is 4.86. The molecule has 94 valence electrons. The smallest absolute Gasteiger partial charge is 0.228 e. The summed E-state index contributed by atoms with van der Waals surface area (Å²) < 4.78 is 39.0. The molecule has 3 nitrogen and oxygen atoms in total. The maximum absolute atomic E-state index is 13.2. The van der Waals surface area contributed by atoms with E-state index in [1.165, 1.54) is 0 Å². The number of carbonyl (C=O) groups excluding carboxylic acids is 1. The van der Waals surface area contributed by atoms with Crippen LogP contribution in [0.5, 0.6) is 0 Å². The maximum Gasteiger partial charge on any atom is 0.228 e. The van der Waals surface area contributed by atoms with E-state index in [-0.39, 0.29) is 0 Å². The van der Waals surface area contributed by atoms with Crippen LogP contribution in [0.2, 0.25) is 0 Å². The Labute approximate surface area is 97.0 Å². The van der Waals surface area contributed by atoms with Crippen LogP contribution in [0.15, 0.2) is 12.1 Å². The van der Waals surface area contributed by atoms with Crippen LogP contribution in [0.4, 0.5) is 18.9 Å². The van der Waals surface area contributed by atoms with Gasteiger partial charge in [-0.15, -0.1) is 0 Å². The van der Waals surface area contributed by atoms with Crippen LogP contribution in [-0.2, 0) is 4.79 Å². The Balaban J connectivity index is 2.85. The second-order valence-corrected chi connectivity index (χ2v) is 3.69. The second kappa shape index (κ2) is 5.67. The first-order valence-electron chi connectivity index (χ1n) is 5.05. The van der Waals surface area contributed by atoms with Crippen molar-refractivity contribution in [3.63, 3.8) is 0 Å². The number of anilines is 1. The Morgan fingerprint density at radius 3 is 2.29 bits per heavy atom. The lowest BCUT2D eigenvalue weighted by molar-refractivity contribution is -0.119. The van der Waals surface area contributed by atoms with Crippen LogP contribution < -0.4 is 10.6 Å². The van der Waals surface area contributed by atoms with Gasteiger partial charge in [0.1, 0.15) is 11.5 Å². The predicted molar refractivity (Wildman–Crippen MR) is 58.0 cm³/mol. The van der Waals surface area contributed by atoms with E-state index in [1.807, 2.05) is 0 Å². The molecule has 1 rings (SSSR count). The Morgan fingerprint density at radius 1 is 1.29 bits per heavy atom. The monoisotopic (exact) mass is 246 g/mol. The fourth-order valence-corrected chi connectivity index (χ4v) is 1.31. The lowest BCUT2D eigenvalue weighted by atomic mass is 10.1. The zero-order valence-corrected chi connectivity index (χ0v) is 9.48. The van der Waals surface area contributed by atoms with Crippen molar-refractivity contribution in [2.24, 2.45) is 5.92 Å². The highest BCUT2D eigenvalue weighted by Gasteiger charge is 2.17. The molecule has 0 aromatic heterocycles. The van der Waals surface area contributed by atoms with Crippen molar-refractivity contribution in [3.05, 3.63) is 29.6 Å². The minimum absolute atomic E-state index is 0.371. The second-order valence-electron chi connectivity index (χ2n) is 3.69. The summed E-state index contributed by atoms with van der Waals surface area (Å²) in [6.07, 6.45) is 0. The first kappa shape index (κ1) is 13.5. The van der Waals surface area contributed by atoms with Gasteiger partial charge in [-0.2, -0.15) is 0 Å². The minimum Gasteiger partial charge on any atom is -0.321 e. The Kier molecular flexibility index (Phi) is 4.51. The van der Waals surface area contributed by atoms with E-state index < -0.39 is 35.0 Å². The first-order chi connectivity index (χ1) is 7.95. The van der Waals surface area contributed by atoms with Gasteiger partial charge in [-0.3, -0.25) is 4.79 Å². The average molecular weight is 246 g/mol. The normalized spacial score (nSPS) is 12.3. The van der Waals surface area contributed by atoms with Gasteiger partial charge < -0.3 is 10.6 Å². The zero-order valence-electron chi connectivity index (χ0n) is 9.48. The number of rotatable bonds is 4. The summed E-state index contributed by atoms with van der Waals surface area (Å²) in [5.74, 6) is -4.28. The van der Waals surface area contributed by atoms with E-state index in [4.69, 9.17) is 0 Å². The van der Waals surface area contributed by atoms with Crippen LogP contribution >= 0.6 is 0 Å². The SMILES string of the molecule is CNCC(C)C(=O)Nc1c(F)cc(F)cc1F. The zero-order chi connectivity index (χ0) is 13.0. The molecule has 0 aliphatic rings. The van der Waals surface area contributed by atoms with E-state index in [9.17, 15) is 18.0 Å². The number of hydrogen-bond acceptors (Lipinski definition) is 2. The summed E-state index contributed by atoms with van der Waals surface area (Å²) in [6, 6.07) is 1.03. The lowest BCUT2D eigenvalue weighted by Gasteiger charge is -2.12. The summed E-state index contributed by atoms with van der Waals surface area (Å²) in [7, 11) is 1.66. The number of carbonyl (C=O) groups is 1. The molecular weight excluding hydrogens is 233 g/mol. The van der Waals surface area contributed by atoms with Gasteiger partial charge in [0.2, 0.25) is 5.91 Å². The average Bonchev–Trinajstić information content (AvgIpc) is 2.23. The number of hydrogen-bond donors (Lipinski definition) is 2. The highest BCUT2D eigenvalue weighted by atomic mass is 19.1. The number of amides is 1. The van der Waals surface area contributed by atoms with E-state index in [0.29, 0.717) is 18.7 Å². The molecule has 0 saturated heterocycles. The van der Waals surface area contributed by atoms with Crippen molar-refractivity contribution in [3.8, 4) is 0 Å². The Hall–Kier alpha value is -1.56. The lowest BCUT2D eigenvalue weighted by Crippen LogP contribution is -2.29. The molecule has 6 heteroatoms. The third kappa shape index (κ3) is 3.45. The third-order valence-electron chi connectivity index (χ3n) is 2.21. The fraction of sp³-hybridized carbons (Fsp3) is 0.364. The van der Waals surface area contributed by atoms with Crippen molar-refractivity contribution in [2.45, 2.75) is 6.92 Å². The van der Waals surface area contributed by atoms with Gasteiger partial charge in [-0.05, 0) is 7.05 Å².